The number of phenols is 1. The predicted molar refractivity (Wildman–Crippen MR) is 192 cm³/mol. The van der Waals surface area contributed by atoms with Gasteiger partial charge < -0.3 is 19.3 Å². The fraction of sp³-hybridized carbons (Fsp3) is 0.244. The zero-order valence-corrected chi connectivity index (χ0v) is 28.6. The molecule has 1 saturated heterocycles. The minimum absolute atomic E-state index is 0.0442. The third-order valence-electron chi connectivity index (χ3n) is 9.99. The summed E-state index contributed by atoms with van der Waals surface area (Å²) >= 11 is 0. The second-order valence-corrected chi connectivity index (χ2v) is 13.1. The van der Waals surface area contributed by atoms with Crippen molar-refractivity contribution in [2.24, 2.45) is 7.05 Å². The SMILES string of the molecule is Cc1c(C(=O)N(c2ccc(O)cc2)c2cccc(C#N)c2)cc(-c2cc(F)ccc2C(=O)N2Cc3ccccc3C[C@H]2CN2CCOCC2)n1C. The van der Waals surface area contributed by atoms with Gasteiger partial charge in [0.2, 0.25) is 0 Å². The van der Waals surface area contributed by atoms with Gasteiger partial charge in [0, 0.05) is 67.5 Å². The Bertz CT molecular complexity index is 2150. The number of ether oxygens (including phenoxy) is 1. The Kier molecular flexibility index (Phi) is 9.41. The minimum atomic E-state index is -0.499. The Morgan fingerprint density at radius 2 is 1.67 bits per heavy atom. The molecule has 0 aliphatic carbocycles. The van der Waals surface area contributed by atoms with Crippen molar-refractivity contribution in [1.29, 1.82) is 5.26 Å². The standard InChI is InChI=1S/C41H38FN5O4/c1-27-37(41(50)47(32-11-13-35(48)14-12-32)33-9-5-6-28(20-33)24-43)23-39(44(27)2)38-22-31(42)10-15-36(38)40(49)46-25-30-8-4-3-7-29(30)21-34(46)26-45-16-18-51-19-17-45/h3-15,20,22-23,34,48H,16-19,21,25-26H2,1-2H3/t34-/m0/s1. The van der Waals surface area contributed by atoms with Crippen molar-refractivity contribution >= 4 is 23.2 Å². The Balaban J connectivity index is 1.28. The van der Waals surface area contributed by atoms with Crippen molar-refractivity contribution in [2.75, 3.05) is 37.7 Å². The van der Waals surface area contributed by atoms with Crippen LogP contribution in [-0.4, -0.2) is 70.2 Å². The number of nitriles is 1. The number of carbonyl (C=O) groups excluding carboxylic acids is 2. The van der Waals surface area contributed by atoms with Crippen LogP contribution in [-0.2, 0) is 24.8 Å². The van der Waals surface area contributed by atoms with Gasteiger partial charge in [-0.15, -0.1) is 0 Å². The van der Waals surface area contributed by atoms with E-state index in [2.05, 4.69) is 23.1 Å². The van der Waals surface area contributed by atoms with Crippen LogP contribution >= 0.6 is 0 Å². The number of aromatic hydroxyl groups is 1. The third-order valence-corrected chi connectivity index (χ3v) is 9.99. The Morgan fingerprint density at radius 1 is 0.922 bits per heavy atom. The number of hydrogen-bond acceptors (Lipinski definition) is 6. The molecule has 5 aromatic rings. The van der Waals surface area contributed by atoms with Crippen molar-refractivity contribution < 1.29 is 23.8 Å². The summed E-state index contributed by atoms with van der Waals surface area (Å²) in [5, 5.41) is 19.6. The van der Waals surface area contributed by atoms with Gasteiger partial charge in [-0.2, -0.15) is 5.26 Å². The van der Waals surface area contributed by atoms with Crippen LogP contribution in [0.2, 0.25) is 0 Å². The first-order valence-corrected chi connectivity index (χ1v) is 17.0. The summed E-state index contributed by atoms with van der Waals surface area (Å²) < 4.78 is 22.5. The lowest BCUT2D eigenvalue weighted by Crippen LogP contribution is -2.52. The molecule has 1 atom stereocenters. The van der Waals surface area contributed by atoms with Gasteiger partial charge in [0.05, 0.1) is 36.1 Å². The Hall–Kier alpha value is -5.76. The fourth-order valence-corrected chi connectivity index (χ4v) is 7.13. The molecule has 3 heterocycles. The number of amides is 2. The summed E-state index contributed by atoms with van der Waals surface area (Å²) in [7, 11) is 1.79. The minimum Gasteiger partial charge on any atom is -0.508 e. The summed E-state index contributed by atoms with van der Waals surface area (Å²) in [5.41, 5.74) is 5.82. The molecule has 0 unspecified atom stereocenters. The smallest absolute Gasteiger partial charge is 0.264 e. The molecule has 1 N–H and O–H groups in total. The highest BCUT2D eigenvalue weighted by Gasteiger charge is 2.34. The van der Waals surface area contributed by atoms with Gasteiger partial charge in [-0.3, -0.25) is 19.4 Å². The predicted octanol–water partition coefficient (Wildman–Crippen LogP) is 6.59. The zero-order valence-electron chi connectivity index (χ0n) is 28.6. The lowest BCUT2D eigenvalue weighted by molar-refractivity contribution is 0.0193. The van der Waals surface area contributed by atoms with E-state index in [4.69, 9.17) is 4.74 Å². The van der Waals surface area contributed by atoms with Crippen molar-refractivity contribution in [3.05, 3.63) is 136 Å². The maximum Gasteiger partial charge on any atom is 0.264 e. The molecule has 9 nitrogen and oxygen atoms in total. The summed E-state index contributed by atoms with van der Waals surface area (Å²) in [6.45, 7) is 5.83. The number of anilines is 2. The molecule has 2 aliphatic rings. The molecule has 0 bridgehead atoms. The maximum atomic E-state index is 15.1. The average Bonchev–Trinajstić information content (AvgIpc) is 3.45. The highest BCUT2D eigenvalue weighted by Crippen LogP contribution is 2.35. The molecule has 258 valence electrons. The zero-order chi connectivity index (χ0) is 35.6. The largest absolute Gasteiger partial charge is 0.508 e. The number of nitrogens with zero attached hydrogens (tertiary/aromatic N) is 5. The molecule has 51 heavy (non-hydrogen) atoms. The highest BCUT2D eigenvalue weighted by atomic mass is 19.1. The van der Waals surface area contributed by atoms with E-state index in [0.29, 0.717) is 77.7 Å². The van der Waals surface area contributed by atoms with Crippen LogP contribution < -0.4 is 4.90 Å². The number of aromatic nitrogens is 1. The number of carbonyl (C=O) groups is 2. The number of benzene rings is 4. The number of halogens is 1. The van der Waals surface area contributed by atoms with Crippen LogP contribution in [0.15, 0.2) is 97.1 Å². The molecule has 2 aliphatic heterocycles. The number of phenolic OH excluding ortho intramolecular Hbond substituents is 1. The van der Waals surface area contributed by atoms with Gasteiger partial charge in [-0.25, -0.2) is 4.39 Å². The van der Waals surface area contributed by atoms with Crippen LogP contribution in [0, 0.1) is 24.1 Å². The molecule has 1 aromatic heterocycles. The van der Waals surface area contributed by atoms with Gasteiger partial charge in [0.15, 0.2) is 0 Å². The van der Waals surface area contributed by atoms with E-state index in [9.17, 15) is 20.0 Å². The summed E-state index contributed by atoms with van der Waals surface area (Å²) in [6, 6.07) is 29.1. The van der Waals surface area contributed by atoms with Gasteiger partial charge in [-0.1, -0.05) is 30.3 Å². The summed E-state index contributed by atoms with van der Waals surface area (Å²) in [6.07, 6.45) is 0.706. The molecule has 0 spiro atoms. The number of fused-ring (bicyclic) bond motifs is 1. The second-order valence-electron chi connectivity index (χ2n) is 13.1. The molecule has 0 radical (unpaired) electrons. The first-order valence-electron chi connectivity index (χ1n) is 17.0. The van der Waals surface area contributed by atoms with E-state index in [0.717, 1.165) is 18.7 Å². The van der Waals surface area contributed by atoms with Gasteiger partial charge in [-0.05, 0) is 91.2 Å². The lowest BCUT2D eigenvalue weighted by Gasteiger charge is -2.40. The van der Waals surface area contributed by atoms with E-state index in [-0.39, 0.29) is 17.7 Å². The van der Waals surface area contributed by atoms with Crippen molar-refractivity contribution in [2.45, 2.75) is 25.9 Å². The molecule has 10 heteroatoms. The first-order chi connectivity index (χ1) is 24.7. The van der Waals surface area contributed by atoms with Crippen LogP contribution in [0.4, 0.5) is 15.8 Å². The molecule has 2 amide bonds. The van der Waals surface area contributed by atoms with Gasteiger partial charge >= 0.3 is 0 Å². The van der Waals surface area contributed by atoms with E-state index in [1.165, 1.54) is 34.7 Å². The van der Waals surface area contributed by atoms with E-state index >= 15 is 4.39 Å². The topological polar surface area (TPSA) is 102 Å². The van der Waals surface area contributed by atoms with E-state index in [1.54, 1.807) is 67.1 Å². The quantitative estimate of drug-likeness (QED) is 0.208. The Labute approximate surface area is 296 Å². The molecule has 1 fully saturated rings. The molecular formula is C41H38FN5O4. The molecule has 0 saturated carbocycles. The van der Waals surface area contributed by atoms with Crippen LogP contribution in [0.3, 0.4) is 0 Å². The highest BCUT2D eigenvalue weighted by molar-refractivity contribution is 6.12. The second kappa shape index (κ2) is 14.2. The third kappa shape index (κ3) is 6.74. The summed E-state index contributed by atoms with van der Waals surface area (Å²) in [5.74, 6) is -1.05. The molecule has 4 aromatic carbocycles. The average molecular weight is 684 g/mol. The number of rotatable bonds is 7. The van der Waals surface area contributed by atoms with Crippen molar-refractivity contribution in [3.63, 3.8) is 0 Å². The van der Waals surface area contributed by atoms with Gasteiger partial charge in [0.1, 0.15) is 11.6 Å². The van der Waals surface area contributed by atoms with Gasteiger partial charge in [0.25, 0.3) is 11.8 Å². The van der Waals surface area contributed by atoms with E-state index < -0.39 is 11.7 Å². The lowest BCUT2D eigenvalue weighted by atomic mass is 9.92. The van der Waals surface area contributed by atoms with Crippen molar-refractivity contribution in [3.8, 4) is 23.1 Å². The van der Waals surface area contributed by atoms with Crippen LogP contribution in [0.5, 0.6) is 5.75 Å². The number of hydrogen-bond donors (Lipinski definition) is 1. The fourth-order valence-electron chi connectivity index (χ4n) is 7.13. The maximum absolute atomic E-state index is 15.1. The summed E-state index contributed by atoms with van der Waals surface area (Å²) in [4.78, 5) is 35.0. The van der Waals surface area contributed by atoms with Crippen LogP contribution in [0.1, 0.15) is 43.1 Å². The Morgan fingerprint density at radius 3 is 2.41 bits per heavy atom. The normalized spacial score (nSPS) is 16.0. The van der Waals surface area contributed by atoms with Crippen LogP contribution in [0.25, 0.3) is 11.3 Å². The van der Waals surface area contributed by atoms with E-state index in [1.807, 2.05) is 17.0 Å². The number of morpholine rings is 1. The molecule has 7 rings (SSSR count). The van der Waals surface area contributed by atoms with Crippen molar-refractivity contribution in [1.82, 2.24) is 14.4 Å². The monoisotopic (exact) mass is 683 g/mol. The first kappa shape index (κ1) is 33.7. The molecular weight excluding hydrogens is 645 g/mol.